The van der Waals surface area contributed by atoms with E-state index < -0.39 is 18.0 Å². The Morgan fingerprint density at radius 3 is 2.55 bits per heavy atom. The number of aliphatic hydroxyl groups excluding tert-OH is 1. The van der Waals surface area contributed by atoms with Gasteiger partial charge in [-0.3, -0.25) is 4.79 Å². The highest BCUT2D eigenvalue weighted by molar-refractivity contribution is 5.84. The molecular weight excluding hydrogens is 144 g/mol. The van der Waals surface area contributed by atoms with Gasteiger partial charge in [0.1, 0.15) is 5.92 Å². The fraction of sp³-hybridized carbons (Fsp3) is 0.625. The zero-order chi connectivity index (χ0) is 8.59. The van der Waals surface area contributed by atoms with Gasteiger partial charge in [0.05, 0.1) is 6.10 Å². The molecule has 1 aliphatic carbocycles. The monoisotopic (exact) mass is 156 g/mol. The Morgan fingerprint density at radius 1 is 1.73 bits per heavy atom. The molecule has 62 valence electrons. The van der Waals surface area contributed by atoms with Crippen LogP contribution in [0, 0.1) is 5.92 Å². The maximum Gasteiger partial charge on any atom is 0.314 e. The van der Waals surface area contributed by atoms with Crippen molar-refractivity contribution < 1.29 is 15.0 Å². The molecule has 1 rings (SSSR count). The van der Waals surface area contributed by atoms with Crippen molar-refractivity contribution in [1.82, 2.24) is 0 Å². The van der Waals surface area contributed by atoms with Crippen LogP contribution < -0.4 is 0 Å². The summed E-state index contributed by atoms with van der Waals surface area (Å²) in [5.74, 6) is -1.31. The van der Waals surface area contributed by atoms with Crippen molar-refractivity contribution in [3.05, 3.63) is 11.1 Å². The van der Waals surface area contributed by atoms with E-state index in [9.17, 15) is 9.90 Å². The van der Waals surface area contributed by atoms with E-state index in [0.717, 1.165) is 5.57 Å². The van der Waals surface area contributed by atoms with Crippen molar-refractivity contribution >= 4 is 5.97 Å². The largest absolute Gasteiger partial charge is 0.481 e. The van der Waals surface area contributed by atoms with Crippen LogP contribution in [-0.4, -0.2) is 22.3 Å². The number of hydrogen-bond donors (Lipinski definition) is 2. The second kappa shape index (κ2) is 2.66. The number of carboxylic acid groups (broad SMARTS) is 1. The minimum absolute atomic E-state index is 0.468. The maximum atomic E-state index is 10.5. The van der Waals surface area contributed by atoms with E-state index in [1.165, 1.54) is 0 Å². The van der Waals surface area contributed by atoms with Crippen LogP contribution in [0.15, 0.2) is 11.1 Å². The third kappa shape index (κ3) is 1.28. The molecule has 3 nitrogen and oxygen atoms in total. The summed E-state index contributed by atoms with van der Waals surface area (Å²) in [4.78, 5) is 10.5. The lowest BCUT2D eigenvalue weighted by Gasteiger charge is -2.01. The second-order valence-electron chi connectivity index (χ2n) is 2.83. The summed E-state index contributed by atoms with van der Waals surface area (Å²) in [6.45, 7) is 3.59. The average molecular weight is 156 g/mol. The SMILES string of the molecule is CCC(O)C1=C(C)C1C(=O)O. The van der Waals surface area contributed by atoms with Crippen LogP contribution in [0.2, 0.25) is 0 Å². The van der Waals surface area contributed by atoms with E-state index >= 15 is 0 Å². The predicted molar refractivity (Wildman–Crippen MR) is 40.1 cm³/mol. The third-order valence-corrected chi connectivity index (χ3v) is 2.11. The first-order chi connectivity index (χ1) is 5.09. The van der Waals surface area contributed by atoms with E-state index in [1.54, 1.807) is 6.92 Å². The molecule has 1 aliphatic rings. The van der Waals surface area contributed by atoms with Gasteiger partial charge in [0, 0.05) is 0 Å². The van der Waals surface area contributed by atoms with E-state index in [4.69, 9.17) is 5.11 Å². The van der Waals surface area contributed by atoms with Crippen LogP contribution in [0.5, 0.6) is 0 Å². The normalized spacial score (nSPS) is 25.2. The van der Waals surface area contributed by atoms with Crippen LogP contribution in [-0.2, 0) is 4.79 Å². The van der Waals surface area contributed by atoms with Crippen molar-refractivity contribution in [2.45, 2.75) is 26.4 Å². The number of carboxylic acids is 1. The quantitative estimate of drug-likeness (QED) is 0.594. The lowest BCUT2D eigenvalue weighted by Crippen LogP contribution is -2.09. The van der Waals surface area contributed by atoms with Crippen molar-refractivity contribution in [2.24, 2.45) is 5.92 Å². The van der Waals surface area contributed by atoms with Gasteiger partial charge in [-0.1, -0.05) is 12.5 Å². The van der Waals surface area contributed by atoms with E-state index in [-0.39, 0.29) is 0 Å². The van der Waals surface area contributed by atoms with Crippen LogP contribution in [0.3, 0.4) is 0 Å². The first-order valence-electron chi connectivity index (χ1n) is 3.71. The molecule has 0 amide bonds. The summed E-state index contributed by atoms with van der Waals surface area (Å²) in [5.41, 5.74) is 1.53. The molecule has 0 fully saturated rings. The first-order valence-corrected chi connectivity index (χ1v) is 3.71. The highest BCUT2D eigenvalue weighted by atomic mass is 16.4. The fourth-order valence-electron chi connectivity index (χ4n) is 1.35. The Labute approximate surface area is 65.3 Å². The molecule has 2 unspecified atom stereocenters. The van der Waals surface area contributed by atoms with Gasteiger partial charge < -0.3 is 10.2 Å². The average Bonchev–Trinajstić information content (AvgIpc) is 2.60. The Morgan fingerprint density at radius 2 is 2.27 bits per heavy atom. The van der Waals surface area contributed by atoms with Crippen molar-refractivity contribution in [2.75, 3.05) is 0 Å². The lowest BCUT2D eigenvalue weighted by molar-refractivity contribution is -0.138. The van der Waals surface area contributed by atoms with Crippen molar-refractivity contribution in [3.63, 3.8) is 0 Å². The lowest BCUT2D eigenvalue weighted by atomic mass is 10.1. The molecule has 0 radical (unpaired) electrons. The van der Waals surface area contributed by atoms with Gasteiger partial charge in [0.15, 0.2) is 0 Å². The van der Waals surface area contributed by atoms with E-state index in [1.807, 2.05) is 6.92 Å². The van der Waals surface area contributed by atoms with Crippen LogP contribution >= 0.6 is 0 Å². The Kier molecular flexibility index (Phi) is 2.00. The van der Waals surface area contributed by atoms with Crippen LogP contribution in [0.1, 0.15) is 20.3 Å². The maximum absolute atomic E-state index is 10.5. The highest BCUT2D eigenvalue weighted by Gasteiger charge is 2.42. The third-order valence-electron chi connectivity index (χ3n) is 2.11. The van der Waals surface area contributed by atoms with Gasteiger partial charge in [-0.05, 0) is 18.9 Å². The van der Waals surface area contributed by atoms with Gasteiger partial charge in [-0.25, -0.2) is 0 Å². The molecule has 0 aromatic carbocycles. The Balaban J connectivity index is 2.57. The molecule has 0 spiro atoms. The second-order valence-corrected chi connectivity index (χ2v) is 2.83. The molecule has 2 atom stereocenters. The Bertz CT molecular complexity index is 217. The zero-order valence-corrected chi connectivity index (χ0v) is 6.66. The number of aliphatic hydroxyl groups is 1. The van der Waals surface area contributed by atoms with Crippen LogP contribution in [0.25, 0.3) is 0 Å². The molecule has 2 N–H and O–H groups in total. The minimum atomic E-state index is -0.843. The fourth-order valence-corrected chi connectivity index (χ4v) is 1.35. The first kappa shape index (κ1) is 8.27. The van der Waals surface area contributed by atoms with Crippen LogP contribution in [0.4, 0.5) is 0 Å². The van der Waals surface area contributed by atoms with Gasteiger partial charge in [0.2, 0.25) is 0 Å². The molecule has 0 heterocycles. The number of rotatable bonds is 3. The zero-order valence-electron chi connectivity index (χ0n) is 6.66. The van der Waals surface area contributed by atoms with E-state index in [2.05, 4.69) is 0 Å². The number of aliphatic carboxylic acids is 1. The summed E-state index contributed by atoms with van der Waals surface area (Å²) in [6.07, 6.45) is 0.0484. The Hall–Kier alpha value is -0.830. The van der Waals surface area contributed by atoms with E-state index in [0.29, 0.717) is 12.0 Å². The van der Waals surface area contributed by atoms with Crippen molar-refractivity contribution in [1.29, 1.82) is 0 Å². The topological polar surface area (TPSA) is 57.5 Å². The molecule has 0 saturated carbocycles. The molecular formula is C8H12O3. The molecule has 3 heteroatoms. The summed E-state index contributed by atoms with van der Waals surface area (Å²) >= 11 is 0. The molecule has 11 heavy (non-hydrogen) atoms. The number of hydrogen-bond acceptors (Lipinski definition) is 2. The molecule has 0 aromatic rings. The van der Waals surface area contributed by atoms with Gasteiger partial charge in [-0.2, -0.15) is 0 Å². The molecule has 0 aromatic heterocycles. The standard InChI is InChI=1S/C8H12O3/c1-3-5(9)6-4(2)7(6)8(10)11/h5,7,9H,3H2,1-2H3,(H,10,11). The summed E-state index contributed by atoms with van der Waals surface area (Å²) in [7, 11) is 0. The highest BCUT2D eigenvalue weighted by Crippen LogP contribution is 2.41. The van der Waals surface area contributed by atoms with Crippen molar-refractivity contribution in [3.8, 4) is 0 Å². The minimum Gasteiger partial charge on any atom is -0.481 e. The van der Waals surface area contributed by atoms with Gasteiger partial charge >= 0.3 is 5.97 Å². The summed E-state index contributed by atoms with van der Waals surface area (Å²) in [5, 5.41) is 17.9. The van der Waals surface area contributed by atoms with Gasteiger partial charge in [0.25, 0.3) is 0 Å². The van der Waals surface area contributed by atoms with Gasteiger partial charge in [-0.15, -0.1) is 0 Å². The summed E-state index contributed by atoms with van der Waals surface area (Å²) < 4.78 is 0. The number of carbonyl (C=O) groups is 1. The smallest absolute Gasteiger partial charge is 0.314 e. The molecule has 0 saturated heterocycles. The predicted octanol–water partition coefficient (Wildman–Crippen LogP) is 0.788. The molecule has 0 aliphatic heterocycles. The molecule has 0 bridgehead atoms. The summed E-state index contributed by atoms with van der Waals surface area (Å²) in [6, 6.07) is 0.